The van der Waals surface area contributed by atoms with Crippen LogP contribution in [0.2, 0.25) is 0 Å². The number of aryl methyl sites for hydroxylation is 2. The number of aromatic nitrogens is 2. The topological polar surface area (TPSA) is 55.6 Å². The summed E-state index contributed by atoms with van der Waals surface area (Å²) in [6.45, 7) is 9.49. The van der Waals surface area contributed by atoms with Gasteiger partial charge in [0.05, 0.1) is 16.7 Å². The molecule has 2 aromatic rings. The van der Waals surface area contributed by atoms with Crippen molar-refractivity contribution >= 4 is 11.6 Å². The Morgan fingerprint density at radius 1 is 1.26 bits per heavy atom. The molecule has 1 amide bonds. The van der Waals surface area contributed by atoms with E-state index in [2.05, 4.69) is 15.8 Å². The first-order valence-electron chi connectivity index (χ1n) is 8.18. The fraction of sp³-hybridized carbons (Fsp3) is 0.556. The standard InChI is InChI=1S/C18H25N3O2/c1-17(2,3)23-16(22)20-18(4,5)15-19-13-10-6-8-12-9-7-11-21(15)14(12)13/h7,9,11H,6,8,10H2,1-5H3,(H,20,22). The monoisotopic (exact) mass is 315 g/mol. The Hall–Kier alpha value is -2.04. The van der Waals surface area contributed by atoms with Gasteiger partial charge in [-0.1, -0.05) is 6.07 Å². The molecule has 1 N–H and O–H groups in total. The number of hydrogen-bond acceptors (Lipinski definition) is 3. The number of pyridine rings is 1. The fourth-order valence-electron chi connectivity index (χ4n) is 3.17. The second kappa shape index (κ2) is 5.25. The highest BCUT2D eigenvalue weighted by atomic mass is 16.6. The smallest absolute Gasteiger partial charge is 0.408 e. The highest BCUT2D eigenvalue weighted by Gasteiger charge is 2.32. The second-order valence-electron chi connectivity index (χ2n) is 7.74. The number of carbonyl (C=O) groups is 1. The van der Waals surface area contributed by atoms with Crippen LogP contribution in [0.5, 0.6) is 0 Å². The lowest BCUT2D eigenvalue weighted by Crippen LogP contribution is -2.44. The number of amides is 1. The van der Waals surface area contributed by atoms with E-state index in [1.807, 2.05) is 46.9 Å². The number of nitrogens with zero attached hydrogens (tertiary/aromatic N) is 2. The van der Waals surface area contributed by atoms with Gasteiger partial charge in [0.1, 0.15) is 11.4 Å². The molecular formula is C18H25N3O2. The molecule has 0 bridgehead atoms. The number of rotatable bonds is 2. The first-order chi connectivity index (χ1) is 10.7. The number of nitrogens with one attached hydrogen (secondary N) is 1. The molecule has 0 atom stereocenters. The van der Waals surface area contributed by atoms with Crippen LogP contribution in [0.1, 0.15) is 58.1 Å². The lowest BCUT2D eigenvalue weighted by atomic mass is 9.99. The molecule has 0 aromatic carbocycles. The average Bonchev–Trinajstić information content (AvgIpc) is 2.78. The summed E-state index contributed by atoms with van der Waals surface area (Å²) in [5, 5.41) is 2.95. The van der Waals surface area contributed by atoms with Gasteiger partial charge in [-0.25, -0.2) is 9.78 Å². The Labute approximate surface area is 137 Å². The number of imidazole rings is 1. The second-order valence-corrected chi connectivity index (χ2v) is 7.74. The summed E-state index contributed by atoms with van der Waals surface area (Å²) in [5.41, 5.74) is 2.53. The van der Waals surface area contributed by atoms with Crippen LogP contribution in [0.3, 0.4) is 0 Å². The Morgan fingerprint density at radius 2 is 2.00 bits per heavy atom. The summed E-state index contributed by atoms with van der Waals surface area (Å²) in [5.74, 6) is 0.845. The molecule has 5 heteroatoms. The maximum atomic E-state index is 12.2. The molecule has 0 unspecified atom stereocenters. The van der Waals surface area contributed by atoms with E-state index >= 15 is 0 Å². The van der Waals surface area contributed by atoms with Gasteiger partial charge < -0.3 is 14.5 Å². The average molecular weight is 315 g/mol. The van der Waals surface area contributed by atoms with Gasteiger partial charge in [0.25, 0.3) is 0 Å². The quantitative estimate of drug-likeness (QED) is 0.921. The van der Waals surface area contributed by atoms with Crippen LogP contribution >= 0.6 is 0 Å². The maximum absolute atomic E-state index is 12.2. The van der Waals surface area contributed by atoms with Gasteiger partial charge in [-0.05, 0) is 65.5 Å². The van der Waals surface area contributed by atoms with Crippen LogP contribution in [0.15, 0.2) is 18.3 Å². The third-order valence-corrected chi connectivity index (χ3v) is 4.05. The zero-order valence-corrected chi connectivity index (χ0v) is 14.6. The summed E-state index contributed by atoms with van der Waals surface area (Å²) in [6, 6.07) is 4.21. The Bertz CT molecular complexity index is 753. The molecule has 1 aliphatic carbocycles. The van der Waals surface area contributed by atoms with Crippen molar-refractivity contribution in [2.24, 2.45) is 0 Å². The molecule has 0 saturated carbocycles. The molecule has 23 heavy (non-hydrogen) atoms. The van der Waals surface area contributed by atoms with Crippen LogP contribution in [0, 0.1) is 0 Å². The van der Waals surface area contributed by atoms with Crippen LogP contribution in [-0.2, 0) is 23.1 Å². The van der Waals surface area contributed by atoms with E-state index in [-0.39, 0.29) is 0 Å². The molecule has 2 heterocycles. The van der Waals surface area contributed by atoms with E-state index in [1.165, 1.54) is 11.1 Å². The van der Waals surface area contributed by atoms with Gasteiger partial charge in [-0.15, -0.1) is 0 Å². The van der Waals surface area contributed by atoms with E-state index in [1.54, 1.807) is 0 Å². The first-order valence-corrected chi connectivity index (χ1v) is 8.18. The Morgan fingerprint density at radius 3 is 2.70 bits per heavy atom. The van der Waals surface area contributed by atoms with E-state index in [9.17, 15) is 4.79 Å². The normalized spacial score (nSPS) is 14.8. The van der Waals surface area contributed by atoms with Gasteiger partial charge in [-0.3, -0.25) is 0 Å². The third kappa shape index (κ3) is 3.05. The van der Waals surface area contributed by atoms with Crippen molar-refractivity contribution in [1.29, 1.82) is 0 Å². The highest BCUT2D eigenvalue weighted by Crippen LogP contribution is 2.30. The number of carbonyl (C=O) groups excluding carboxylic acids is 1. The van der Waals surface area contributed by atoms with Crippen molar-refractivity contribution in [1.82, 2.24) is 14.7 Å². The zero-order valence-electron chi connectivity index (χ0n) is 14.6. The summed E-state index contributed by atoms with van der Waals surface area (Å²) in [6.07, 6.45) is 4.80. The lowest BCUT2D eigenvalue weighted by molar-refractivity contribution is 0.0465. The van der Waals surface area contributed by atoms with Gasteiger partial charge in [0.15, 0.2) is 0 Å². The summed E-state index contributed by atoms with van der Waals surface area (Å²) >= 11 is 0. The van der Waals surface area contributed by atoms with Crippen molar-refractivity contribution in [2.45, 2.75) is 65.0 Å². The summed E-state index contributed by atoms with van der Waals surface area (Å²) in [4.78, 5) is 17.0. The molecule has 3 rings (SSSR count). The largest absolute Gasteiger partial charge is 0.444 e. The lowest BCUT2D eigenvalue weighted by Gasteiger charge is -2.27. The van der Waals surface area contributed by atoms with Gasteiger partial charge in [-0.2, -0.15) is 0 Å². The predicted molar refractivity (Wildman–Crippen MR) is 89.6 cm³/mol. The Kier molecular flexibility index (Phi) is 3.62. The minimum atomic E-state index is -0.619. The molecule has 2 aromatic heterocycles. The van der Waals surface area contributed by atoms with E-state index in [0.29, 0.717) is 0 Å². The van der Waals surface area contributed by atoms with E-state index < -0.39 is 17.2 Å². The number of ether oxygens (including phenoxy) is 1. The van der Waals surface area contributed by atoms with Crippen molar-refractivity contribution in [2.75, 3.05) is 0 Å². The van der Waals surface area contributed by atoms with Crippen molar-refractivity contribution in [3.63, 3.8) is 0 Å². The number of alkyl carbamates (subject to hydrolysis) is 1. The van der Waals surface area contributed by atoms with Gasteiger partial charge in [0.2, 0.25) is 0 Å². The molecule has 1 aliphatic rings. The minimum Gasteiger partial charge on any atom is -0.444 e. The van der Waals surface area contributed by atoms with E-state index in [0.717, 1.165) is 30.8 Å². The SMILES string of the molecule is CC(C)(C)OC(=O)NC(C)(C)c1nc2c3c(cccn13)CCC2. The fourth-order valence-corrected chi connectivity index (χ4v) is 3.17. The zero-order chi connectivity index (χ0) is 16.8. The van der Waals surface area contributed by atoms with Crippen LogP contribution in [-0.4, -0.2) is 21.1 Å². The third-order valence-electron chi connectivity index (χ3n) is 4.05. The first kappa shape index (κ1) is 15.8. The van der Waals surface area contributed by atoms with Crippen molar-refractivity contribution < 1.29 is 9.53 Å². The molecule has 124 valence electrons. The predicted octanol–water partition coefficient (Wildman–Crippen LogP) is 3.58. The molecule has 0 radical (unpaired) electrons. The molecule has 5 nitrogen and oxygen atoms in total. The van der Waals surface area contributed by atoms with Gasteiger partial charge in [0, 0.05) is 6.20 Å². The summed E-state index contributed by atoms with van der Waals surface area (Å²) < 4.78 is 7.50. The minimum absolute atomic E-state index is 0.424. The van der Waals surface area contributed by atoms with Crippen LogP contribution in [0.25, 0.3) is 5.52 Å². The van der Waals surface area contributed by atoms with Gasteiger partial charge >= 0.3 is 6.09 Å². The van der Waals surface area contributed by atoms with Crippen LogP contribution in [0.4, 0.5) is 4.79 Å². The highest BCUT2D eigenvalue weighted by molar-refractivity contribution is 5.69. The molecule has 0 fully saturated rings. The molecule has 0 spiro atoms. The number of hydrogen-bond donors (Lipinski definition) is 1. The van der Waals surface area contributed by atoms with Crippen LogP contribution < -0.4 is 5.32 Å². The summed E-state index contributed by atoms with van der Waals surface area (Å²) in [7, 11) is 0. The van der Waals surface area contributed by atoms with E-state index in [4.69, 9.17) is 9.72 Å². The van der Waals surface area contributed by atoms with Crippen molar-refractivity contribution in [3.8, 4) is 0 Å². The molecule has 0 aliphatic heterocycles. The molecule has 0 saturated heterocycles. The maximum Gasteiger partial charge on any atom is 0.408 e. The van der Waals surface area contributed by atoms with Crippen molar-refractivity contribution in [3.05, 3.63) is 35.4 Å². The molecular weight excluding hydrogens is 290 g/mol. The Balaban J connectivity index is 1.96.